The molecule has 2 N–H and O–H groups in total. The largest absolute Gasteiger partial charge is 0.490 e. The van der Waals surface area contributed by atoms with E-state index in [2.05, 4.69) is 10.1 Å². The van der Waals surface area contributed by atoms with Crippen molar-refractivity contribution in [2.75, 3.05) is 0 Å². The maximum Gasteiger partial charge on any atom is 0.138 e. The van der Waals surface area contributed by atoms with Crippen molar-refractivity contribution in [3.05, 3.63) is 36.9 Å². The summed E-state index contributed by atoms with van der Waals surface area (Å²) in [5, 5.41) is 4.09. The van der Waals surface area contributed by atoms with Crippen molar-refractivity contribution in [1.82, 2.24) is 14.8 Å². The van der Waals surface area contributed by atoms with Gasteiger partial charge in [-0.15, -0.1) is 0 Å². The predicted molar refractivity (Wildman–Crippen MR) is 72.2 cm³/mol. The molecule has 19 heavy (non-hydrogen) atoms. The van der Waals surface area contributed by atoms with Gasteiger partial charge in [0.25, 0.3) is 0 Å². The van der Waals surface area contributed by atoms with Crippen molar-refractivity contribution in [2.45, 2.75) is 37.8 Å². The second kappa shape index (κ2) is 5.40. The lowest BCUT2D eigenvalue weighted by Crippen LogP contribution is -2.31. The summed E-state index contributed by atoms with van der Waals surface area (Å²) in [4.78, 5) is 3.93. The van der Waals surface area contributed by atoms with Crippen LogP contribution in [0.1, 0.15) is 25.7 Å². The molecular weight excluding hydrogens is 240 g/mol. The number of benzene rings is 1. The van der Waals surface area contributed by atoms with Crippen LogP contribution in [0.2, 0.25) is 0 Å². The standard InChI is InChI=1S/C14H18N4O/c15-11-1-5-13(6-2-11)19-14-7-3-12(4-8-14)18-10-16-9-17-18/h3-4,7-11,13H,1-2,5-6,15H2. The van der Waals surface area contributed by atoms with Crippen LogP contribution < -0.4 is 10.5 Å². The molecule has 1 aromatic carbocycles. The van der Waals surface area contributed by atoms with Gasteiger partial charge in [-0.3, -0.25) is 0 Å². The fourth-order valence-electron chi connectivity index (χ4n) is 2.42. The van der Waals surface area contributed by atoms with E-state index in [9.17, 15) is 0 Å². The molecule has 0 saturated heterocycles. The highest BCUT2D eigenvalue weighted by molar-refractivity contribution is 5.36. The van der Waals surface area contributed by atoms with Gasteiger partial charge in [0.05, 0.1) is 11.8 Å². The minimum absolute atomic E-state index is 0.303. The summed E-state index contributed by atoms with van der Waals surface area (Å²) in [5.74, 6) is 0.907. The quantitative estimate of drug-likeness (QED) is 0.913. The molecule has 0 unspecified atom stereocenters. The number of nitrogens with two attached hydrogens (primary N) is 1. The number of rotatable bonds is 3. The average Bonchev–Trinajstić information content (AvgIpc) is 2.96. The van der Waals surface area contributed by atoms with Gasteiger partial charge in [0.15, 0.2) is 0 Å². The fourth-order valence-corrected chi connectivity index (χ4v) is 2.42. The summed E-state index contributed by atoms with van der Waals surface area (Å²) < 4.78 is 7.70. The summed E-state index contributed by atoms with van der Waals surface area (Å²) in [6.07, 6.45) is 7.71. The Hall–Kier alpha value is -1.88. The number of aromatic nitrogens is 3. The van der Waals surface area contributed by atoms with Gasteiger partial charge in [0.2, 0.25) is 0 Å². The van der Waals surface area contributed by atoms with Gasteiger partial charge in [0.1, 0.15) is 18.4 Å². The molecule has 1 saturated carbocycles. The minimum atomic E-state index is 0.303. The molecule has 1 aromatic heterocycles. The number of nitrogens with zero attached hydrogens (tertiary/aromatic N) is 3. The molecule has 3 rings (SSSR count). The monoisotopic (exact) mass is 258 g/mol. The molecule has 0 spiro atoms. The lowest BCUT2D eigenvalue weighted by molar-refractivity contribution is 0.147. The summed E-state index contributed by atoms with van der Waals surface area (Å²) in [5.41, 5.74) is 6.88. The number of ether oxygens (including phenoxy) is 1. The van der Waals surface area contributed by atoms with E-state index < -0.39 is 0 Å². The van der Waals surface area contributed by atoms with E-state index in [-0.39, 0.29) is 0 Å². The minimum Gasteiger partial charge on any atom is -0.490 e. The van der Waals surface area contributed by atoms with E-state index in [1.165, 1.54) is 6.33 Å². The highest BCUT2D eigenvalue weighted by Crippen LogP contribution is 2.23. The molecule has 100 valence electrons. The van der Waals surface area contributed by atoms with Crippen LogP contribution in [-0.4, -0.2) is 26.9 Å². The van der Waals surface area contributed by atoms with Crippen LogP contribution in [0.3, 0.4) is 0 Å². The molecule has 1 heterocycles. The van der Waals surface area contributed by atoms with Gasteiger partial charge >= 0.3 is 0 Å². The Bertz CT molecular complexity index is 501. The Morgan fingerprint density at radius 1 is 1.11 bits per heavy atom. The van der Waals surface area contributed by atoms with E-state index in [0.29, 0.717) is 12.1 Å². The second-order valence-electron chi connectivity index (χ2n) is 4.99. The molecule has 0 atom stereocenters. The third-order valence-electron chi connectivity index (χ3n) is 3.54. The Morgan fingerprint density at radius 3 is 2.47 bits per heavy atom. The maximum atomic E-state index is 5.98. The molecule has 1 aliphatic carbocycles. The number of hydrogen-bond acceptors (Lipinski definition) is 4. The summed E-state index contributed by atoms with van der Waals surface area (Å²) in [7, 11) is 0. The molecule has 0 bridgehead atoms. The molecule has 0 amide bonds. The van der Waals surface area contributed by atoms with Crippen molar-refractivity contribution in [3.8, 4) is 11.4 Å². The van der Waals surface area contributed by atoms with Crippen molar-refractivity contribution >= 4 is 0 Å². The Kier molecular flexibility index (Phi) is 3.46. The second-order valence-corrected chi connectivity index (χ2v) is 4.99. The first-order chi connectivity index (χ1) is 9.31. The van der Waals surface area contributed by atoms with E-state index >= 15 is 0 Å². The molecule has 1 fully saturated rings. The van der Waals surface area contributed by atoms with E-state index in [1.54, 1.807) is 11.0 Å². The van der Waals surface area contributed by atoms with E-state index in [1.807, 2.05) is 24.3 Å². The van der Waals surface area contributed by atoms with Crippen LogP contribution in [0.5, 0.6) is 5.75 Å². The molecule has 0 radical (unpaired) electrons. The van der Waals surface area contributed by atoms with Crippen molar-refractivity contribution in [1.29, 1.82) is 0 Å². The van der Waals surface area contributed by atoms with Gasteiger partial charge in [0, 0.05) is 6.04 Å². The fraction of sp³-hybridized carbons (Fsp3) is 0.429. The lowest BCUT2D eigenvalue weighted by atomic mass is 9.94. The molecular formula is C14H18N4O. The zero-order chi connectivity index (χ0) is 13.1. The van der Waals surface area contributed by atoms with Gasteiger partial charge in [-0.05, 0) is 49.9 Å². The zero-order valence-corrected chi connectivity index (χ0v) is 10.8. The smallest absolute Gasteiger partial charge is 0.138 e. The van der Waals surface area contributed by atoms with E-state index in [0.717, 1.165) is 37.1 Å². The molecule has 0 aliphatic heterocycles. The van der Waals surface area contributed by atoms with Gasteiger partial charge in [-0.1, -0.05) is 0 Å². The Labute approximate surface area is 112 Å². The van der Waals surface area contributed by atoms with Crippen LogP contribution in [-0.2, 0) is 0 Å². The highest BCUT2D eigenvalue weighted by atomic mass is 16.5. The number of hydrogen-bond donors (Lipinski definition) is 1. The van der Waals surface area contributed by atoms with Crippen LogP contribution in [0.4, 0.5) is 0 Å². The maximum absolute atomic E-state index is 5.98. The topological polar surface area (TPSA) is 66.0 Å². The Balaban J connectivity index is 1.63. The first-order valence-electron chi connectivity index (χ1n) is 6.68. The van der Waals surface area contributed by atoms with E-state index in [4.69, 9.17) is 10.5 Å². The first kappa shape index (κ1) is 12.2. The Morgan fingerprint density at radius 2 is 1.84 bits per heavy atom. The summed E-state index contributed by atoms with van der Waals surface area (Å²) in [6.45, 7) is 0. The van der Waals surface area contributed by atoms with Crippen LogP contribution in [0.15, 0.2) is 36.9 Å². The summed E-state index contributed by atoms with van der Waals surface area (Å²) in [6, 6.07) is 8.28. The SMILES string of the molecule is NC1CCC(Oc2ccc(-n3cncn3)cc2)CC1. The van der Waals surface area contributed by atoms with Crippen LogP contribution in [0, 0.1) is 0 Å². The molecule has 2 aromatic rings. The molecule has 5 heteroatoms. The van der Waals surface area contributed by atoms with Crippen molar-refractivity contribution in [2.24, 2.45) is 5.73 Å². The third kappa shape index (κ3) is 2.93. The first-order valence-corrected chi connectivity index (χ1v) is 6.68. The third-order valence-corrected chi connectivity index (χ3v) is 3.54. The molecule has 1 aliphatic rings. The molecule has 5 nitrogen and oxygen atoms in total. The zero-order valence-electron chi connectivity index (χ0n) is 10.8. The summed E-state index contributed by atoms with van der Waals surface area (Å²) >= 11 is 0. The average molecular weight is 258 g/mol. The lowest BCUT2D eigenvalue weighted by Gasteiger charge is -2.26. The normalized spacial score (nSPS) is 23.2. The predicted octanol–water partition coefficient (Wildman–Crippen LogP) is 1.92. The van der Waals surface area contributed by atoms with Crippen molar-refractivity contribution < 1.29 is 4.74 Å². The van der Waals surface area contributed by atoms with Gasteiger partial charge < -0.3 is 10.5 Å². The van der Waals surface area contributed by atoms with Gasteiger partial charge in [-0.2, -0.15) is 5.10 Å². The van der Waals surface area contributed by atoms with Crippen LogP contribution >= 0.6 is 0 Å². The highest BCUT2D eigenvalue weighted by Gasteiger charge is 2.19. The van der Waals surface area contributed by atoms with Gasteiger partial charge in [-0.25, -0.2) is 9.67 Å². The van der Waals surface area contributed by atoms with Crippen molar-refractivity contribution in [3.63, 3.8) is 0 Å². The van der Waals surface area contributed by atoms with Crippen LogP contribution in [0.25, 0.3) is 5.69 Å².